The van der Waals surface area contributed by atoms with E-state index in [0.29, 0.717) is 16.8 Å². The molecule has 0 saturated carbocycles. The van der Waals surface area contributed by atoms with Crippen molar-refractivity contribution in [2.45, 2.75) is 13.5 Å². The zero-order chi connectivity index (χ0) is 18.5. The molecular weight excluding hydrogens is 335 g/mol. The molecule has 0 N–H and O–H groups in total. The number of hydrogen-bond donors (Lipinski definition) is 0. The van der Waals surface area contributed by atoms with Gasteiger partial charge in [0.05, 0.1) is 30.1 Å². The summed E-state index contributed by atoms with van der Waals surface area (Å²) in [5.74, 6) is -0.831. The molecule has 5 nitrogen and oxygen atoms in total. The van der Waals surface area contributed by atoms with Gasteiger partial charge in [-0.25, -0.2) is 14.2 Å². The number of aromatic nitrogens is 1. The van der Waals surface area contributed by atoms with Crippen molar-refractivity contribution in [3.05, 3.63) is 76.7 Å². The van der Waals surface area contributed by atoms with Gasteiger partial charge in [0.1, 0.15) is 5.82 Å². The molecule has 0 aliphatic carbocycles. The second-order valence-corrected chi connectivity index (χ2v) is 5.63. The Morgan fingerprint density at radius 2 is 2.04 bits per heavy atom. The van der Waals surface area contributed by atoms with E-state index in [9.17, 15) is 9.18 Å². The van der Waals surface area contributed by atoms with Crippen molar-refractivity contribution in [2.24, 2.45) is 5.16 Å². The SMILES string of the molecule is COC(=O)c1c(CO/N=C\c2cccc(F)c2)nc2ccccc2c1C. The molecule has 0 bridgehead atoms. The molecule has 0 spiro atoms. The van der Waals surface area contributed by atoms with Crippen LogP contribution in [0.4, 0.5) is 4.39 Å². The number of aryl methyl sites for hydroxylation is 1. The summed E-state index contributed by atoms with van der Waals surface area (Å²) in [4.78, 5) is 22.0. The number of halogens is 1. The van der Waals surface area contributed by atoms with Crippen molar-refractivity contribution in [2.75, 3.05) is 7.11 Å². The molecule has 2 aromatic carbocycles. The topological polar surface area (TPSA) is 60.8 Å². The minimum atomic E-state index is -0.478. The maximum Gasteiger partial charge on any atom is 0.340 e. The number of pyridine rings is 1. The van der Waals surface area contributed by atoms with E-state index in [2.05, 4.69) is 10.1 Å². The average Bonchev–Trinajstić information content (AvgIpc) is 2.65. The number of methoxy groups -OCH3 is 1. The maximum absolute atomic E-state index is 13.2. The van der Waals surface area contributed by atoms with Gasteiger partial charge in [-0.2, -0.15) is 0 Å². The Hall–Kier alpha value is -3.28. The molecule has 1 aromatic heterocycles. The van der Waals surface area contributed by atoms with E-state index in [1.54, 1.807) is 12.1 Å². The van der Waals surface area contributed by atoms with Crippen molar-refractivity contribution in [1.82, 2.24) is 4.98 Å². The molecule has 0 amide bonds. The molecule has 132 valence electrons. The first kappa shape index (κ1) is 17.5. The lowest BCUT2D eigenvalue weighted by Crippen LogP contribution is -2.11. The van der Waals surface area contributed by atoms with Gasteiger partial charge in [-0.15, -0.1) is 0 Å². The summed E-state index contributed by atoms with van der Waals surface area (Å²) in [5, 5.41) is 4.71. The van der Waals surface area contributed by atoms with Crippen LogP contribution in [-0.2, 0) is 16.2 Å². The van der Waals surface area contributed by atoms with Crippen LogP contribution in [0.15, 0.2) is 53.7 Å². The third kappa shape index (κ3) is 3.69. The lowest BCUT2D eigenvalue weighted by molar-refractivity contribution is 0.0591. The van der Waals surface area contributed by atoms with Gasteiger partial charge in [0.15, 0.2) is 6.61 Å². The molecule has 0 atom stereocenters. The Balaban J connectivity index is 1.87. The fraction of sp³-hybridized carbons (Fsp3) is 0.150. The average molecular weight is 352 g/mol. The molecule has 0 radical (unpaired) electrons. The van der Waals surface area contributed by atoms with Crippen molar-refractivity contribution >= 4 is 23.1 Å². The number of carbonyl (C=O) groups is 1. The number of oxime groups is 1. The molecule has 3 rings (SSSR count). The number of para-hydroxylation sites is 1. The van der Waals surface area contributed by atoms with Gasteiger partial charge in [0.25, 0.3) is 0 Å². The van der Waals surface area contributed by atoms with E-state index >= 15 is 0 Å². The van der Waals surface area contributed by atoms with E-state index in [1.807, 2.05) is 31.2 Å². The zero-order valence-electron chi connectivity index (χ0n) is 14.4. The summed E-state index contributed by atoms with van der Waals surface area (Å²) < 4.78 is 18.0. The molecule has 1 heterocycles. The molecule has 0 aliphatic heterocycles. The molecule has 0 fully saturated rings. The summed E-state index contributed by atoms with van der Waals surface area (Å²) in [6.07, 6.45) is 1.40. The van der Waals surface area contributed by atoms with Crippen LogP contribution in [-0.4, -0.2) is 24.3 Å². The highest BCUT2D eigenvalue weighted by molar-refractivity contribution is 5.98. The lowest BCUT2D eigenvalue weighted by atomic mass is 10.0. The van der Waals surface area contributed by atoms with E-state index in [1.165, 1.54) is 25.5 Å². The van der Waals surface area contributed by atoms with Gasteiger partial charge in [-0.1, -0.05) is 35.5 Å². The Kier molecular flexibility index (Phi) is 5.22. The van der Waals surface area contributed by atoms with Gasteiger partial charge >= 0.3 is 5.97 Å². The van der Waals surface area contributed by atoms with Crippen molar-refractivity contribution < 1.29 is 18.8 Å². The third-order valence-electron chi connectivity index (χ3n) is 3.94. The zero-order valence-corrected chi connectivity index (χ0v) is 14.4. The quantitative estimate of drug-likeness (QED) is 0.395. The van der Waals surface area contributed by atoms with E-state index in [-0.39, 0.29) is 12.4 Å². The van der Waals surface area contributed by atoms with Crippen LogP contribution in [0.25, 0.3) is 10.9 Å². The van der Waals surface area contributed by atoms with Crippen LogP contribution < -0.4 is 0 Å². The van der Waals surface area contributed by atoms with Crippen LogP contribution >= 0.6 is 0 Å². The predicted molar refractivity (Wildman–Crippen MR) is 96.6 cm³/mol. The second-order valence-electron chi connectivity index (χ2n) is 5.63. The molecule has 3 aromatic rings. The number of nitrogens with zero attached hydrogens (tertiary/aromatic N) is 2. The predicted octanol–water partition coefficient (Wildman–Crippen LogP) is 4.02. The van der Waals surface area contributed by atoms with Gasteiger partial charge in [-0.05, 0) is 36.2 Å². The van der Waals surface area contributed by atoms with Gasteiger partial charge in [-0.3, -0.25) is 0 Å². The van der Waals surface area contributed by atoms with Gasteiger partial charge in [0.2, 0.25) is 0 Å². The van der Waals surface area contributed by atoms with E-state index in [4.69, 9.17) is 9.57 Å². The summed E-state index contributed by atoms with van der Waals surface area (Å²) in [5.41, 5.74) is 2.90. The first-order valence-electron chi connectivity index (χ1n) is 7.97. The smallest absolute Gasteiger partial charge is 0.340 e. The first-order chi connectivity index (χ1) is 12.6. The second kappa shape index (κ2) is 7.74. The number of fused-ring (bicyclic) bond motifs is 1. The number of benzene rings is 2. The van der Waals surface area contributed by atoms with Crippen LogP contribution in [0.5, 0.6) is 0 Å². The minimum absolute atomic E-state index is 0.0120. The largest absolute Gasteiger partial charge is 0.465 e. The van der Waals surface area contributed by atoms with Crippen molar-refractivity contribution in [1.29, 1.82) is 0 Å². The molecule has 6 heteroatoms. The lowest BCUT2D eigenvalue weighted by Gasteiger charge is -2.12. The number of carbonyl (C=O) groups excluding carboxylic acids is 1. The Morgan fingerprint density at radius 3 is 2.81 bits per heavy atom. The highest BCUT2D eigenvalue weighted by Crippen LogP contribution is 2.24. The van der Waals surface area contributed by atoms with Crippen LogP contribution in [0.3, 0.4) is 0 Å². The minimum Gasteiger partial charge on any atom is -0.465 e. The highest BCUT2D eigenvalue weighted by atomic mass is 19.1. The number of hydrogen-bond acceptors (Lipinski definition) is 5. The summed E-state index contributed by atoms with van der Waals surface area (Å²) >= 11 is 0. The molecule has 0 unspecified atom stereocenters. The molecular formula is C20H17FN2O3. The Labute approximate surface area is 150 Å². The summed E-state index contributed by atoms with van der Waals surface area (Å²) in [6.45, 7) is 1.83. The van der Waals surface area contributed by atoms with Crippen LogP contribution in [0.1, 0.15) is 27.2 Å². The number of rotatable bonds is 5. The summed E-state index contributed by atoms with van der Waals surface area (Å²) in [6, 6.07) is 13.5. The monoisotopic (exact) mass is 352 g/mol. The van der Waals surface area contributed by atoms with Gasteiger partial charge < -0.3 is 9.57 Å². The standard InChI is InChI=1S/C20H17FN2O3/c1-13-16-8-3-4-9-17(16)23-18(19(13)20(24)25-2)12-26-22-11-14-6-5-7-15(21)10-14/h3-11H,12H2,1-2H3/b22-11-. The van der Waals surface area contributed by atoms with Gasteiger partial charge in [0, 0.05) is 5.39 Å². The number of esters is 1. The number of ether oxygens (including phenoxy) is 1. The third-order valence-corrected chi connectivity index (χ3v) is 3.94. The van der Waals surface area contributed by atoms with Crippen molar-refractivity contribution in [3.8, 4) is 0 Å². The summed E-state index contributed by atoms with van der Waals surface area (Å²) in [7, 11) is 1.32. The Morgan fingerprint density at radius 1 is 1.23 bits per heavy atom. The first-order valence-corrected chi connectivity index (χ1v) is 7.97. The molecule has 0 saturated heterocycles. The fourth-order valence-corrected chi connectivity index (χ4v) is 2.70. The van der Waals surface area contributed by atoms with E-state index in [0.717, 1.165) is 16.5 Å². The van der Waals surface area contributed by atoms with Crippen LogP contribution in [0.2, 0.25) is 0 Å². The Bertz CT molecular complexity index is 986. The highest BCUT2D eigenvalue weighted by Gasteiger charge is 2.19. The van der Waals surface area contributed by atoms with Crippen LogP contribution in [0, 0.1) is 12.7 Å². The molecule has 0 aliphatic rings. The van der Waals surface area contributed by atoms with Crippen molar-refractivity contribution in [3.63, 3.8) is 0 Å². The maximum atomic E-state index is 13.2. The van der Waals surface area contributed by atoms with E-state index < -0.39 is 5.97 Å². The fourth-order valence-electron chi connectivity index (χ4n) is 2.70. The molecule has 26 heavy (non-hydrogen) atoms. The normalized spacial score (nSPS) is 11.0.